The van der Waals surface area contributed by atoms with Crippen LogP contribution in [0.1, 0.15) is 34.3 Å². The number of benzene rings is 2. The number of nitrogens with zero attached hydrogens (tertiary/aromatic N) is 1. The molecule has 0 heterocycles. The Kier molecular flexibility index (Phi) is 5.42. The highest BCUT2D eigenvalue weighted by Crippen LogP contribution is 2.20. The first-order valence-electron chi connectivity index (χ1n) is 7.50. The Morgan fingerprint density at radius 2 is 1.83 bits per heavy atom. The van der Waals surface area contributed by atoms with Gasteiger partial charge in [0.25, 0.3) is 6.54 Å². The molecule has 6 nitrogen and oxygen atoms in total. The predicted octanol–water partition coefficient (Wildman–Crippen LogP) is 3.20. The number of Topliss-reactive ketones (excluding diaryl/α,β-unsaturated/α-hetero) is 1. The Bertz CT molecular complexity index is 772. The van der Waals surface area contributed by atoms with Gasteiger partial charge in [-0.15, -0.1) is 0 Å². The van der Waals surface area contributed by atoms with Gasteiger partial charge in [0.05, 0.1) is 5.92 Å². The molecule has 1 unspecified atom stereocenters. The van der Waals surface area contributed by atoms with Gasteiger partial charge in [-0.1, -0.05) is 30.3 Å². The zero-order chi connectivity index (χ0) is 17.7. The minimum Gasteiger partial charge on any atom is -0.326 e. The summed E-state index contributed by atoms with van der Waals surface area (Å²) >= 11 is 0. The molecule has 1 N–H and O–H groups in total. The summed E-state index contributed by atoms with van der Waals surface area (Å²) in [6.07, 6.45) is 0. The van der Waals surface area contributed by atoms with E-state index in [-0.39, 0.29) is 11.8 Å². The first-order valence-corrected chi connectivity index (χ1v) is 7.50. The molecule has 2 aromatic rings. The Morgan fingerprint density at radius 3 is 2.42 bits per heavy atom. The van der Waals surface area contributed by atoms with Gasteiger partial charge in [0.15, 0.2) is 0 Å². The van der Waals surface area contributed by atoms with Crippen LogP contribution in [0.25, 0.3) is 0 Å². The maximum absolute atomic E-state index is 12.3. The number of hydrogen-bond donors (Lipinski definition) is 1. The average molecular weight is 326 g/mol. The summed E-state index contributed by atoms with van der Waals surface area (Å²) < 4.78 is 0. The Morgan fingerprint density at radius 1 is 1.17 bits per heavy atom. The molecular weight excluding hydrogens is 308 g/mol. The minimum absolute atomic E-state index is 0.162. The van der Waals surface area contributed by atoms with Crippen molar-refractivity contribution in [3.63, 3.8) is 0 Å². The molecule has 124 valence electrons. The van der Waals surface area contributed by atoms with E-state index in [2.05, 4.69) is 5.32 Å². The zero-order valence-electron chi connectivity index (χ0n) is 13.5. The largest absolute Gasteiger partial charge is 0.326 e. The first kappa shape index (κ1) is 17.3. The fraction of sp³-hybridized carbons (Fsp3) is 0.222. The molecule has 0 aliphatic carbocycles. The Hall–Kier alpha value is -3.02. The normalized spacial score (nSPS) is 11.6. The maximum Gasteiger partial charge on any atom is 0.265 e. The molecule has 0 radical (unpaired) electrons. The highest BCUT2D eigenvalue weighted by molar-refractivity contribution is 6.00. The number of nitro groups is 1. The summed E-state index contributed by atoms with van der Waals surface area (Å²) in [5, 5.41) is 13.2. The third-order valence-corrected chi connectivity index (χ3v) is 3.76. The van der Waals surface area contributed by atoms with E-state index in [1.54, 1.807) is 19.1 Å². The molecule has 0 aliphatic rings. The second-order valence-corrected chi connectivity index (χ2v) is 5.57. The van der Waals surface area contributed by atoms with E-state index >= 15 is 0 Å². The summed E-state index contributed by atoms with van der Waals surface area (Å²) in [5.74, 6) is -1.03. The second-order valence-electron chi connectivity index (χ2n) is 5.57. The van der Waals surface area contributed by atoms with Gasteiger partial charge in [0, 0.05) is 16.2 Å². The lowest BCUT2D eigenvalue weighted by Gasteiger charge is -2.13. The molecule has 0 fully saturated rings. The maximum atomic E-state index is 12.3. The summed E-state index contributed by atoms with van der Waals surface area (Å²) in [7, 11) is 0. The molecule has 0 bridgehead atoms. The lowest BCUT2D eigenvalue weighted by Crippen LogP contribution is -2.19. The van der Waals surface area contributed by atoms with Crippen LogP contribution in [-0.2, 0) is 4.79 Å². The fourth-order valence-electron chi connectivity index (χ4n) is 2.40. The lowest BCUT2D eigenvalue weighted by atomic mass is 10.00. The van der Waals surface area contributed by atoms with Crippen LogP contribution in [0.5, 0.6) is 0 Å². The minimum atomic E-state index is -0.739. The second kappa shape index (κ2) is 7.50. The van der Waals surface area contributed by atoms with Crippen molar-refractivity contribution in [2.24, 2.45) is 0 Å². The molecule has 0 saturated carbocycles. The van der Waals surface area contributed by atoms with Crippen LogP contribution in [0.15, 0.2) is 48.5 Å². The van der Waals surface area contributed by atoms with Crippen molar-refractivity contribution in [2.45, 2.75) is 19.8 Å². The SMILES string of the molecule is Cc1cc(NC(=O)C(C)c2ccccc2)ccc1C(=O)C[N+](=O)[O-]. The van der Waals surface area contributed by atoms with Crippen LogP contribution in [0.2, 0.25) is 0 Å². The molecule has 1 amide bonds. The molecule has 0 saturated heterocycles. The predicted molar refractivity (Wildman–Crippen MR) is 90.9 cm³/mol. The van der Waals surface area contributed by atoms with Crippen molar-refractivity contribution in [1.29, 1.82) is 0 Å². The highest BCUT2D eigenvalue weighted by Gasteiger charge is 2.17. The van der Waals surface area contributed by atoms with Gasteiger partial charge in [0.2, 0.25) is 11.7 Å². The summed E-state index contributed by atoms with van der Waals surface area (Å²) in [4.78, 5) is 33.9. The number of anilines is 1. The number of carbonyl (C=O) groups is 2. The van der Waals surface area contributed by atoms with Crippen molar-refractivity contribution in [2.75, 3.05) is 11.9 Å². The number of nitrogens with one attached hydrogen (secondary N) is 1. The first-order chi connectivity index (χ1) is 11.4. The van der Waals surface area contributed by atoms with Crippen molar-refractivity contribution in [3.05, 3.63) is 75.3 Å². The number of ketones is 1. The quantitative estimate of drug-likeness (QED) is 0.501. The Labute approximate surface area is 139 Å². The van der Waals surface area contributed by atoms with Crippen molar-refractivity contribution in [1.82, 2.24) is 0 Å². The third kappa shape index (κ3) is 4.25. The average Bonchev–Trinajstić information content (AvgIpc) is 2.54. The molecule has 1 atom stereocenters. The van der Waals surface area contributed by atoms with Crippen molar-refractivity contribution < 1.29 is 14.5 Å². The van der Waals surface area contributed by atoms with Crippen molar-refractivity contribution in [3.8, 4) is 0 Å². The molecule has 6 heteroatoms. The van der Waals surface area contributed by atoms with Gasteiger partial charge in [-0.25, -0.2) is 0 Å². The highest BCUT2D eigenvalue weighted by atomic mass is 16.6. The van der Waals surface area contributed by atoms with Crippen molar-refractivity contribution >= 4 is 17.4 Å². The van der Waals surface area contributed by atoms with Crippen LogP contribution in [0.3, 0.4) is 0 Å². The smallest absolute Gasteiger partial charge is 0.265 e. The fourth-order valence-corrected chi connectivity index (χ4v) is 2.40. The van der Waals surface area contributed by atoms with E-state index in [0.717, 1.165) is 5.56 Å². The van der Waals surface area contributed by atoms with Crippen LogP contribution in [0.4, 0.5) is 5.69 Å². The van der Waals surface area contributed by atoms with E-state index < -0.39 is 17.3 Å². The van der Waals surface area contributed by atoms with Crippen LogP contribution in [-0.4, -0.2) is 23.2 Å². The topological polar surface area (TPSA) is 89.3 Å². The summed E-state index contributed by atoms with van der Waals surface area (Å²) in [6, 6.07) is 14.1. The third-order valence-electron chi connectivity index (χ3n) is 3.76. The molecule has 2 rings (SSSR count). The van der Waals surface area contributed by atoms with E-state index in [9.17, 15) is 19.7 Å². The van der Waals surface area contributed by atoms with Crippen LogP contribution >= 0.6 is 0 Å². The van der Waals surface area contributed by atoms with E-state index in [0.29, 0.717) is 16.8 Å². The molecule has 24 heavy (non-hydrogen) atoms. The zero-order valence-corrected chi connectivity index (χ0v) is 13.5. The number of amides is 1. The number of hydrogen-bond acceptors (Lipinski definition) is 4. The standard InChI is InChI=1S/C18H18N2O4/c1-12-10-15(8-9-16(12)17(21)11-20(23)24)19-18(22)13(2)14-6-4-3-5-7-14/h3-10,13H,11H2,1-2H3,(H,19,22). The van der Waals surface area contributed by atoms with Gasteiger partial charge in [-0.3, -0.25) is 19.7 Å². The van der Waals surface area contributed by atoms with E-state index in [1.807, 2.05) is 37.3 Å². The Balaban J connectivity index is 2.11. The van der Waals surface area contributed by atoms with Gasteiger partial charge in [-0.05, 0) is 43.2 Å². The number of carbonyl (C=O) groups excluding carboxylic acids is 2. The number of rotatable bonds is 6. The lowest BCUT2D eigenvalue weighted by molar-refractivity contribution is -0.465. The summed E-state index contributed by atoms with van der Waals surface area (Å²) in [6.45, 7) is 2.76. The van der Waals surface area contributed by atoms with Gasteiger partial charge in [0.1, 0.15) is 0 Å². The summed E-state index contributed by atoms with van der Waals surface area (Å²) in [5.41, 5.74) is 2.34. The van der Waals surface area contributed by atoms with Crippen LogP contribution < -0.4 is 5.32 Å². The monoisotopic (exact) mass is 326 g/mol. The molecule has 0 aliphatic heterocycles. The molecule has 0 spiro atoms. The van der Waals surface area contributed by atoms with E-state index in [1.165, 1.54) is 6.07 Å². The van der Waals surface area contributed by atoms with Gasteiger partial charge in [-0.2, -0.15) is 0 Å². The van der Waals surface area contributed by atoms with Gasteiger partial charge < -0.3 is 5.32 Å². The molecule has 2 aromatic carbocycles. The van der Waals surface area contributed by atoms with Crippen LogP contribution in [0, 0.1) is 17.0 Å². The molecule has 0 aromatic heterocycles. The number of aryl methyl sites for hydroxylation is 1. The molecular formula is C18H18N2O4. The van der Waals surface area contributed by atoms with E-state index in [4.69, 9.17) is 0 Å². The van der Waals surface area contributed by atoms with Gasteiger partial charge >= 0.3 is 0 Å².